The first-order valence-corrected chi connectivity index (χ1v) is 6.05. The Morgan fingerprint density at radius 2 is 2.28 bits per heavy atom. The molecule has 1 aliphatic heterocycles. The van der Waals surface area contributed by atoms with Crippen molar-refractivity contribution in [2.75, 3.05) is 6.54 Å². The Bertz CT molecular complexity index is 532. The summed E-state index contributed by atoms with van der Waals surface area (Å²) in [5.74, 6) is -1.35. The zero-order chi connectivity index (χ0) is 13.3. The number of amides is 3. The minimum atomic E-state index is -0.678. The van der Waals surface area contributed by atoms with E-state index in [9.17, 15) is 14.4 Å². The lowest BCUT2D eigenvalue weighted by atomic mass is 10.1. The van der Waals surface area contributed by atoms with Gasteiger partial charge in [0.1, 0.15) is 17.2 Å². The molecule has 1 aromatic heterocycles. The molecule has 94 valence electrons. The van der Waals surface area contributed by atoms with Crippen LogP contribution in [0.5, 0.6) is 0 Å². The zero-order valence-electron chi connectivity index (χ0n) is 9.51. The molecule has 3 amide bonds. The third-order valence-electron chi connectivity index (χ3n) is 2.67. The van der Waals surface area contributed by atoms with Gasteiger partial charge in [-0.3, -0.25) is 19.7 Å². The van der Waals surface area contributed by atoms with E-state index in [-0.39, 0.29) is 6.54 Å². The summed E-state index contributed by atoms with van der Waals surface area (Å²) in [6.45, 7) is 1.44. The predicted molar refractivity (Wildman–Crippen MR) is 65.6 cm³/mol. The molecule has 1 fully saturated rings. The highest BCUT2D eigenvalue weighted by Crippen LogP contribution is 2.17. The van der Waals surface area contributed by atoms with Crippen molar-refractivity contribution in [2.45, 2.75) is 13.0 Å². The molecule has 0 radical (unpaired) electrons. The van der Waals surface area contributed by atoms with Gasteiger partial charge in [0.25, 0.3) is 5.91 Å². The summed E-state index contributed by atoms with van der Waals surface area (Å²) in [6, 6.07) is 2.53. The predicted octanol–water partition coefficient (Wildman–Crippen LogP) is 0.331. The molecule has 1 atom stereocenters. The Morgan fingerprint density at radius 3 is 2.94 bits per heavy atom. The number of hydrogen-bond acceptors (Lipinski definition) is 4. The minimum absolute atomic E-state index is 0.132. The van der Waals surface area contributed by atoms with Gasteiger partial charge in [-0.1, -0.05) is 0 Å². The van der Waals surface area contributed by atoms with Gasteiger partial charge in [0, 0.05) is 6.20 Å². The van der Waals surface area contributed by atoms with Gasteiger partial charge >= 0.3 is 0 Å². The van der Waals surface area contributed by atoms with Gasteiger partial charge < -0.3 is 4.90 Å². The van der Waals surface area contributed by atoms with Crippen molar-refractivity contribution in [3.05, 3.63) is 28.5 Å². The standard InChI is InChI=1S/C11H10BrN3O3/c1-6-10(17)14-8(16)5-15(6)11(18)7-3-2-4-13-9(7)12/h2-4,6H,5H2,1H3,(H,14,16,17). The van der Waals surface area contributed by atoms with Crippen LogP contribution in [0.15, 0.2) is 22.9 Å². The van der Waals surface area contributed by atoms with Crippen molar-refractivity contribution in [3.8, 4) is 0 Å². The molecule has 0 spiro atoms. The van der Waals surface area contributed by atoms with E-state index in [2.05, 4.69) is 26.2 Å². The number of pyridine rings is 1. The van der Waals surface area contributed by atoms with Crippen LogP contribution in [0.2, 0.25) is 0 Å². The van der Waals surface area contributed by atoms with Crippen LogP contribution < -0.4 is 5.32 Å². The Morgan fingerprint density at radius 1 is 1.56 bits per heavy atom. The third-order valence-corrected chi connectivity index (χ3v) is 3.31. The molecule has 1 N–H and O–H groups in total. The topological polar surface area (TPSA) is 79.4 Å². The normalized spacial score (nSPS) is 19.7. The number of piperazine rings is 1. The largest absolute Gasteiger partial charge is 0.317 e. The fourth-order valence-corrected chi connectivity index (χ4v) is 2.08. The van der Waals surface area contributed by atoms with Gasteiger partial charge in [0.2, 0.25) is 11.8 Å². The second-order valence-electron chi connectivity index (χ2n) is 3.86. The number of imide groups is 1. The van der Waals surface area contributed by atoms with E-state index in [1.165, 1.54) is 4.90 Å². The molecule has 2 rings (SSSR count). The fourth-order valence-electron chi connectivity index (χ4n) is 1.66. The molecule has 7 heteroatoms. The average molecular weight is 312 g/mol. The van der Waals surface area contributed by atoms with E-state index >= 15 is 0 Å². The summed E-state index contributed by atoms with van der Waals surface area (Å²) in [6.07, 6.45) is 1.54. The van der Waals surface area contributed by atoms with Crippen molar-refractivity contribution in [1.29, 1.82) is 0 Å². The Labute approximate surface area is 111 Å². The van der Waals surface area contributed by atoms with E-state index in [0.29, 0.717) is 10.2 Å². The second-order valence-corrected chi connectivity index (χ2v) is 4.61. The van der Waals surface area contributed by atoms with Crippen molar-refractivity contribution in [2.24, 2.45) is 0 Å². The van der Waals surface area contributed by atoms with Crippen molar-refractivity contribution in [3.63, 3.8) is 0 Å². The number of carbonyl (C=O) groups excluding carboxylic acids is 3. The van der Waals surface area contributed by atoms with Gasteiger partial charge in [0.15, 0.2) is 0 Å². The monoisotopic (exact) mass is 311 g/mol. The number of carbonyl (C=O) groups is 3. The number of nitrogens with zero attached hydrogens (tertiary/aromatic N) is 2. The maximum Gasteiger partial charge on any atom is 0.257 e. The van der Waals surface area contributed by atoms with Gasteiger partial charge in [-0.25, -0.2) is 4.98 Å². The molecule has 0 aliphatic carbocycles. The molecule has 6 nitrogen and oxygen atoms in total. The van der Waals surface area contributed by atoms with Gasteiger partial charge in [-0.2, -0.15) is 0 Å². The quantitative estimate of drug-likeness (QED) is 0.599. The Balaban J connectivity index is 2.31. The maximum atomic E-state index is 12.2. The van der Waals surface area contributed by atoms with Gasteiger partial charge in [-0.15, -0.1) is 0 Å². The molecular formula is C11H10BrN3O3. The van der Waals surface area contributed by atoms with E-state index in [1.807, 2.05) is 0 Å². The van der Waals surface area contributed by atoms with E-state index < -0.39 is 23.8 Å². The molecule has 0 bridgehead atoms. The van der Waals surface area contributed by atoms with Crippen LogP contribution in [0.1, 0.15) is 17.3 Å². The third kappa shape index (κ3) is 2.26. The highest BCUT2D eigenvalue weighted by atomic mass is 79.9. The first kappa shape index (κ1) is 12.7. The summed E-state index contributed by atoms with van der Waals surface area (Å²) in [5, 5.41) is 2.18. The highest BCUT2D eigenvalue weighted by molar-refractivity contribution is 9.10. The van der Waals surface area contributed by atoms with Crippen LogP contribution in [0, 0.1) is 0 Å². The highest BCUT2D eigenvalue weighted by Gasteiger charge is 2.34. The molecular weight excluding hydrogens is 302 g/mol. The van der Waals surface area contributed by atoms with E-state index in [4.69, 9.17) is 0 Å². The maximum absolute atomic E-state index is 12.2. The number of rotatable bonds is 1. The Kier molecular flexibility index (Phi) is 3.42. The van der Waals surface area contributed by atoms with E-state index in [0.717, 1.165) is 0 Å². The fraction of sp³-hybridized carbons (Fsp3) is 0.273. The number of halogens is 1. The van der Waals surface area contributed by atoms with Gasteiger partial charge in [-0.05, 0) is 35.0 Å². The summed E-state index contributed by atoms with van der Waals surface area (Å²) in [7, 11) is 0. The number of nitrogens with one attached hydrogen (secondary N) is 1. The summed E-state index contributed by atoms with van der Waals surface area (Å²) in [5.41, 5.74) is 0.326. The number of hydrogen-bond donors (Lipinski definition) is 1. The first-order valence-electron chi connectivity index (χ1n) is 5.26. The average Bonchev–Trinajstić information content (AvgIpc) is 2.33. The summed E-state index contributed by atoms with van der Waals surface area (Å²) < 4.78 is 0.389. The van der Waals surface area contributed by atoms with Crippen LogP contribution in [0.4, 0.5) is 0 Å². The number of aromatic nitrogens is 1. The minimum Gasteiger partial charge on any atom is -0.317 e. The van der Waals surface area contributed by atoms with Crippen molar-refractivity contribution < 1.29 is 14.4 Å². The molecule has 1 aromatic rings. The lowest BCUT2D eigenvalue weighted by molar-refractivity contribution is -0.138. The molecule has 18 heavy (non-hydrogen) atoms. The lowest BCUT2D eigenvalue weighted by Crippen LogP contribution is -2.58. The molecule has 1 saturated heterocycles. The molecule has 0 aromatic carbocycles. The van der Waals surface area contributed by atoms with E-state index in [1.54, 1.807) is 25.3 Å². The summed E-state index contributed by atoms with van der Waals surface area (Å²) in [4.78, 5) is 40.2. The van der Waals surface area contributed by atoms with Crippen LogP contribution in [0.25, 0.3) is 0 Å². The summed E-state index contributed by atoms with van der Waals surface area (Å²) >= 11 is 3.17. The van der Waals surface area contributed by atoms with Crippen LogP contribution in [-0.2, 0) is 9.59 Å². The van der Waals surface area contributed by atoms with Crippen LogP contribution in [0.3, 0.4) is 0 Å². The lowest BCUT2D eigenvalue weighted by Gasteiger charge is -2.31. The van der Waals surface area contributed by atoms with Crippen molar-refractivity contribution in [1.82, 2.24) is 15.2 Å². The molecule has 2 heterocycles. The smallest absolute Gasteiger partial charge is 0.257 e. The zero-order valence-corrected chi connectivity index (χ0v) is 11.1. The van der Waals surface area contributed by atoms with Gasteiger partial charge in [0.05, 0.1) is 5.56 Å². The first-order chi connectivity index (χ1) is 8.50. The second kappa shape index (κ2) is 4.85. The molecule has 1 unspecified atom stereocenters. The van der Waals surface area contributed by atoms with Crippen LogP contribution in [-0.4, -0.2) is 40.2 Å². The Hall–Kier alpha value is -1.76. The SMILES string of the molecule is CC1C(=O)NC(=O)CN1C(=O)c1cccnc1Br. The molecule has 1 aliphatic rings. The van der Waals surface area contributed by atoms with Crippen LogP contribution >= 0.6 is 15.9 Å². The van der Waals surface area contributed by atoms with Crippen molar-refractivity contribution >= 4 is 33.7 Å². The molecule has 0 saturated carbocycles.